The molecule has 8 rings (SSSR count). The normalized spacial score (nSPS) is 17.9. The summed E-state index contributed by atoms with van der Waals surface area (Å²) in [7, 11) is 2.11. The largest absolute Gasteiger partial charge is 0.371 e. The Hall–Kier alpha value is -6.16. The van der Waals surface area contributed by atoms with Crippen LogP contribution in [0.15, 0.2) is 67.3 Å². The Morgan fingerprint density at radius 3 is 2.57 bits per heavy atom. The van der Waals surface area contributed by atoms with Gasteiger partial charge in [0.1, 0.15) is 17.0 Å². The first-order chi connectivity index (χ1) is 25.7. The molecule has 1 aromatic carbocycles. The van der Waals surface area contributed by atoms with Crippen LogP contribution in [0.3, 0.4) is 0 Å². The standard InChI is InChI=1S/C37H40N12O4/c1-23-16-40-36(52)31-15-25-5-8-30(43-34(25)49(23)31)35(51)42-27-18-41-47(22-27)20-24-3-6-29(7-4-24)46-12-9-28(10-13-46)45(2)21-26-17-39-32(19-38-26)48-14-11-33(50)44-37(48)53/h3-8,15,17-19,22-23,28H,9-14,16,20-21H2,1-2H3,(H,40,52)(H,42,51)(H,44,50,53)/t23-/m1/s1. The molecular weight excluding hydrogens is 676 g/mol. The molecule has 7 heterocycles. The number of hydrogen-bond donors (Lipinski definition) is 3. The average molecular weight is 717 g/mol. The Balaban J connectivity index is 0.816. The molecule has 2 fully saturated rings. The molecule has 0 radical (unpaired) electrons. The van der Waals surface area contributed by atoms with Gasteiger partial charge in [-0.25, -0.2) is 14.8 Å². The van der Waals surface area contributed by atoms with Crippen molar-refractivity contribution in [3.63, 3.8) is 0 Å². The van der Waals surface area contributed by atoms with E-state index < -0.39 is 6.03 Å². The first-order valence-electron chi connectivity index (χ1n) is 17.8. The quantitative estimate of drug-likeness (QED) is 0.206. The lowest BCUT2D eigenvalue weighted by molar-refractivity contribution is -0.120. The molecule has 2 saturated heterocycles. The summed E-state index contributed by atoms with van der Waals surface area (Å²) >= 11 is 0. The molecule has 3 aliphatic heterocycles. The monoisotopic (exact) mass is 716 g/mol. The molecule has 3 aliphatic rings. The summed E-state index contributed by atoms with van der Waals surface area (Å²) in [5.74, 6) is -0.326. The van der Waals surface area contributed by atoms with Crippen LogP contribution in [0.1, 0.15) is 64.5 Å². The van der Waals surface area contributed by atoms with Gasteiger partial charge in [0.2, 0.25) is 5.91 Å². The lowest BCUT2D eigenvalue weighted by Gasteiger charge is -2.37. The Kier molecular flexibility index (Phi) is 9.04. The number of fused-ring (bicyclic) bond motifs is 3. The topological polar surface area (TPSA) is 176 Å². The minimum atomic E-state index is -0.467. The Labute approximate surface area is 305 Å². The number of nitrogens with zero attached hydrogens (tertiary/aromatic N) is 9. The number of benzene rings is 1. The van der Waals surface area contributed by atoms with Crippen molar-refractivity contribution in [2.75, 3.05) is 48.3 Å². The summed E-state index contributed by atoms with van der Waals surface area (Å²) < 4.78 is 3.68. The van der Waals surface area contributed by atoms with Gasteiger partial charge in [0.25, 0.3) is 11.8 Å². The fourth-order valence-electron chi connectivity index (χ4n) is 7.28. The molecule has 16 heteroatoms. The number of piperidine rings is 1. The molecule has 53 heavy (non-hydrogen) atoms. The number of amides is 5. The van der Waals surface area contributed by atoms with Crippen molar-refractivity contribution in [1.29, 1.82) is 0 Å². The molecule has 0 saturated carbocycles. The predicted molar refractivity (Wildman–Crippen MR) is 197 cm³/mol. The maximum atomic E-state index is 13.1. The minimum Gasteiger partial charge on any atom is -0.371 e. The van der Waals surface area contributed by atoms with Crippen LogP contribution in [0.2, 0.25) is 0 Å². The van der Waals surface area contributed by atoms with Crippen molar-refractivity contribution in [2.24, 2.45) is 0 Å². The lowest BCUT2D eigenvalue weighted by Crippen LogP contribution is -2.50. The van der Waals surface area contributed by atoms with Gasteiger partial charge in [-0.2, -0.15) is 5.10 Å². The molecule has 3 N–H and O–H groups in total. The second-order valence-corrected chi connectivity index (χ2v) is 13.9. The van der Waals surface area contributed by atoms with E-state index in [1.807, 2.05) is 17.6 Å². The average Bonchev–Trinajstić information content (AvgIpc) is 3.78. The molecule has 4 aromatic heterocycles. The summed E-state index contributed by atoms with van der Waals surface area (Å²) in [6, 6.07) is 13.8. The fraction of sp³-hybridized carbons (Fsp3) is 0.351. The molecule has 0 bridgehead atoms. The Morgan fingerprint density at radius 2 is 1.81 bits per heavy atom. The van der Waals surface area contributed by atoms with Crippen molar-refractivity contribution in [1.82, 2.24) is 44.8 Å². The highest BCUT2D eigenvalue weighted by Crippen LogP contribution is 2.27. The van der Waals surface area contributed by atoms with Gasteiger partial charge in [0.05, 0.1) is 42.6 Å². The smallest absolute Gasteiger partial charge is 0.329 e. The van der Waals surface area contributed by atoms with E-state index in [0.717, 1.165) is 42.6 Å². The summed E-state index contributed by atoms with van der Waals surface area (Å²) in [6.07, 6.45) is 8.99. The highest BCUT2D eigenvalue weighted by Gasteiger charge is 2.28. The van der Waals surface area contributed by atoms with Crippen LogP contribution in [0.5, 0.6) is 0 Å². The first kappa shape index (κ1) is 34.0. The second-order valence-electron chi connectivity index (χ2n) is 13.9. The zero-order valence-electron chi connectivity index (χ0n) is 29.5. The van der Waals surface area contributed by atoms with E-state index in [0.29, 0.717) is 55.1 Å². The van der Waals surface area contributed by atoms with Crippen LogP contribution >= 0.6 is 0 Å². The number of imide groups is 1. The van der Waals surface area contributed by atoms with Gasteiger partial charge in [0.15, 0.2) is 5.82 Å². The molecule has 0 spiro atoms. The fourth-order valence-corrected chi connectivity index (χ4v) is 7.28. The molecule has 1 atom stereocenters. The van der Waals surface area contributed by atoms with Crippen molar-refractivity contribution < 1.29 is 19.2 Å². The predicted octanol–water partition coefficient (Wildman–Crippen LogP) is 3.17. The summed E-state index contributed by atoms with van der Waals surface area (Å²) in [6.45, 7) is 5.90. The van der Waals surface area contributed by atoms with Crippen molar-refractivity contribution in [3.8, 4) is 0 Å². The zero-order chi connectivity index (χ0) is 36.6. The van der Waals surface area contributed by atoms with E-state index >= 15 is 0 Å². The van der Waals surface area contributed by atoms with E-state index in [9.17, 15) is 19.2 Å². The third-order valence-corrected chi connectivity index (χ3v) is 10.2. The molecule has 0 aliphatic carbocycles. The first-order valence-corrected chi connectivity index (χ1v) is 17.8. The Bertz CT molecular complexity index is 2190. The number of urea groups is 1. The minimum absolute atomic E-state index is 0.0330. The SMILES string of the molecule is C[C@@H]1CNC(=O)c2cc3ccc(C(=O)Nc4cnn(Cc5ccc(N6CCC(N(C)Cc7cnc(N8CCC(=O)NC8=O)cn7)CC6)cc5)c4)nc3n21. The Morgan fingerprint density at radius 1 is 1.00 bits per heavy atom. The van der Waals surface area contributed by atoms with Gasteiger partial charge in [-0.1, -0.05) is 12.1 Å². The number of nitrogens with one attached hydrogen (secondary N) is 3. The van der Waals surface area contributed by atoms with Crippen molar-refractivity contribution in [3.05, 3.63) is 89.9 Å². The number of carbonyl (C=O) groups is 4. The van der Waals surface area contributed by atoms with Gasteiger partial charge >= 0.3 is 6.03 Å². The molecule has 5 aromatic rings. The van der Waals surface area contributed by atoms with Crippen molar-refractivity contribution >= 4 is 52.0 Å². The third kappa shape index (κ3) is 7.04. The van der Waals surface area contributed by atoms with Crippen LogP contribution in [-0.2, 0) is 17.9 Å². The van der Waals surface area contributed by atoms with Gasteiger partial charge in [-0.15, -0.1) is 0 Å². The van der Waals surface area contributed by atoms with Gasteiger partial charge < -0.3 is 20.1 Å². The number of rotatable bonds is 9. The highest BCUT2D eigenvalue weighted by molar-refractivity contribution is 6.05. The van der Waals surface area contributed by atoms with Crippen LogP contribution in [0.25, 0.3) is 11.0 Å². The highest BCUT2D eigenvalue weighted by atomic mass is 16.2. The second kappa shape index (κ2) is 14.1. The van der Waals surface area contributed by atoms with E-state index in [-0.39, 0.29) is 35.9 Å². The number of pyridine rings is 1. The number of aromatic nitrogens is 6. The van der Waals surface area contributed by atoms with E-state index in [4.69, 9.17) is 0 Å². The third-order valence-electron chi connectivity index (χ3n) is 10.2. The van der Waals surface area contributed by atoms with E-state index in [2.05, 4.69) is 77.1 Å². The van der Waals surface area contributed by atoms with E-state index in [1.54, 1.807) is 41.6 Å². The number of carbonyl (C=O) groups excluding carboxylic acids is 4. The molecule has 0 unspecified atom stereocenters. The zero-order valence-corrected chi connectivity index (χ0v) is 29.5. The van der Waals surface area contributed by atoms with Crippen LogP contribution in [0.4, 0.5) is 22.0 Å². The van der Waals surface area contributed by atoms with Crippen LogP contribution < -0.4 is 25.8 Å². The van der Waals surface area contributed by atoms with Gasteiger partial charge in [0, 0.05) is 62.5 Å². The summed E-state index contributed by atoms with van der Waals surface area (Å²) in [5, 5.41) is 13.4. The van der Waals surface area contributed by atoms with E-state index in [1.165, 1.54) is 10.6 Å². The molecule has 272 valence electrons. The maximum absolute atomic E-state index is 13.1. The van der Waals surface area contributed by atoms with Crippen LogP contribution in [-0.4, -0.2) is 97.2 Å². The van der Waals surface area contributed by atoms with Gasteiger partial charge in [-0.3, -0.25) is 39.2 Å². The molecule has 5 amide bonds. The summed E-state index contributed by atoms with van der Waals surface area (Å²) in [5.41, 5.74) is 5.10. The molecule has 16 nitrogen and oxygen atoms in total. The number of anilines is 3. The maximum Gasteiger partial charge on any atom is 0.329 e. The number of hydrogen-bond acceptors (Lipinski definition) is 10. The van der Waals surface area contributed by atoms with Crippen molar-refractivity contribution in [2.45, 2.75) is 51.4 Å². The molecular formula is C37H40N12O4. The summed E-state index contributed by atoms with van der Waals surface area (Å²) in [4.78, 5) is 68.7. The van der Waals surface area contributed by atoms with Crippen LogP contribution in [0, 0.1) is 0 Å². The lowest BCUT2D eigenvalue weighted by atomic mass is 10.0. The van der Waals surface area contributed by atoms with Gasteiger partial charge in [-0.05, 0) is 62.7 Å².